The molecule has 1 aliphatic heterocycles. The molecule has 0 N–H and O–H groups in total. The molecule has 1 atom stereocenters. The summed E-state index contributed by atoms with van der Waals surface area (Å²) < 4.78 is 0.973. The van der Waals surface area contributed by atoms with Crippen LogP contribution < -0.4 is 4.90 Å². The molecular formula is C20H27N2+. The Hall–Kier alpha value is -1.80. The van der Waals surface area contributed by atoms with E-state index in [1.54, 1.807) is 0 Å². The van der Waals surface area contributed by atoms with Gasteiger partial charge in [-0.1, -0.05) is 36.4 Å². The van der Waals surface area contributed by atoms with Crippen LogP contribution in [0.5, 0.6) is 0 Å². The van der Waals surface area contributed by atoms with E-state index in [9.17, 15) is 0 Å². The topological polar surface area (TPSA) is 3.24 Å². The second-order valence-electron chi connectivity index (χ2n) is 7.33. The number of aryl methyl sites for hydroxylation is 2. The molecule has 3 rings (SSSR count). The molecule has 0 saturated heterocycles. The Morgan fingerprint density at radius 2 is 1.32 bits per heavy atom. The van der Waals surface area contributed by atoms with Crippen LogP contribution in [0.4, 0.5) is 11.4 Å². The highest BCUT2D eigenvalue weighted by Gasteiger charge is 2.26. The predicted molar refractivity (Wildman–Crippen MR) is 94.8 cm³/mol. The maximum Gasteiger partial charge on any atom is 0.104 e. The summed E-state index contributed by atoms with van der Waals surface area (Å²) in [4.78, 5) is 2.53. The standard InChI is InChI=1S/C20H27N2/c1-16(22(2,3)4)15-21-19-11-7-5-9-17(19)13-14-18-10-6-8-12-20(18)21/h5-12,16H,13-15H2,1-4H3/q+1. The molecular weight excluding hydrogens is 268 g/mol. The SMILES string of the molecule is CC(CN1c2ccccc2CCc2ccccc21)[N+](C)(C)C. The summed E-state index contributed by atoms with van der Waals surface area (Å²) in [5.74, 6) is 0. The van der Waals surface area contributed by atoms with E-state index in [2.05, 4.69) is 81.5 Å². The second kappa shape index (κ2) is 5.77. The van der Waals surface area contributed by atoms with E-state index in [1.807, 2.05) is 0 Å². The van der Waals surface area contributed by atoms with Gasteiger partial charge in [0.1, 0.15) is 6.04 Å². The van der Waals surface area contributed by atoms with E-state index >= 15 is 0 Å². The fourth-order valence-corrected chi connectivity index (χ4v) is 3.08. The average Bonchev–Trinajstić information content (AvgIpc) is 2.65. The van der Waals surface area contributed by atoms with Gasteiger partial charge in [0.25, 0.3) is 0 Å². The molecule has 116 valence electrons. The third-order valence-corrected chi connectivity index (χ3v) is 5.00. The maximum atomic E-state index is 2.53. The third kappa shape index (κ3) is 2.89. The first-order valence-electron chi connectivity index (χ1n) is 8.21. The molecule has 0 spiro atoms. The fraction of sp³-hybridized carbons (Fsp3) is 0.400. The number of hydrogen-bond donors (Lipinski definition) is 0. The van der Waals surface area contributed by atoms with Gasteiger partial charge in [-0.3, -0.25) is 0 Å². The molecule has 0 bridgehead atoms. The lowest BCUT2D eigenvalue weighted by atomic mass is 10.0. The van der Waals surface area contributed by atoms with Gasteiger partial charge in [0.05, 0.1) is 27.7 Å². The quantitative estimate of drug-likeness (QED) is 0.773. The van der Waals surface area contributed by atoms with Gasteiger partial charge < -0.3 is 9.38 Å². The average molecular weight is 295 g/mol. The van der Waals surface area contributed by atoms with Crippen molar-refractivity contribution in [1.29, 1.82) is 0 Å². The number of para-hydroxylation sites is 2. The Labute approximate surface area is 134 Å². The predicted octanol–water partition coefficient (Wildman–Crippen LogP) is 4.02. The zero-order valence-electron chi connectivity index (χ0n) is 14.2. The smallest absolute Gasteiger partial charge is 0.104 e. The first kappa shape index (κ1) is 15.1. The monoisotopic (exact) mass is 295 g/mol. The van der Waals surface area contributed by atoms with Crippen LogP contribution in [0.2, 0.25) is 0 Å². The maximum absolute atomic E-state index is 2.53. The number of hydrogen-bond acceptors (Lipinski definition) is 1. The summed E-state index contributed by atoms with van der Waals surface area (Å²) in [6.07, 6.45) is 2.25. The van der Waals surface area contributed by atoms with Crippen molar-refractivity contribution in [2.75, 3.05) is 32.6 Å². The summed E-state index contributed by atoms with van der Waals surface area (Å²) in [6.45, 7) is 3.38. The Morgan fingerprint density at radius 1 is 0.864 bits per heavy atom. The van der Waals surface area contributed by atoms with E-state index in [0.29, 0.717) is 6.04 Å². The van der Waals surface area contributed by atoms with Crippen molar-refractivity contribution in [3.63, 3.8) is 0 Å². The molecule has 1 unspecified atom stereocenters. The highest BCUT2D eigenvalue weighted by atomic mass is 15.3. The summed E-state index contributed by atoms with van der Waals surface area (Å²) in [7, 11) is 6.83. The van der Waals surface area contributed by atoms with Crippen LogP contribution in [-0.4, -0.2) is 38.2 Å². The molecule has 0 radical (unpaired) electrons. The minimum atomic E-state index is 0.555. The van der Waals surface area contributed by atoms with E-state index < -0.39 is 0 Å². The van der Waals surface area contributed by atoms with Gasteiger partial charge in [-0.05, 0) is 43.0 Å². The number of likely N-dealkylation sites (N-methyl/N-ethyl adjacent to an activating group) is 1. The summed E-state index contributed by atoms with van der Waals surface area (Å²) in [5.41, 5.74) is 5.69. The molecule has 0 saturated carbocycles. The molecule has 0 aromatic heterocycles. The zero-order valence-corrected chi connectivity index (χ0v) is 14.2. The number of rotatable bonds is 3. The number of anilines is 2. The lowest BCUT2D eigenvalue weighted by molar-refractivity contribution is -0.892. The number of benzene rings is 2. The molecule has 1 aliphatic rings. The molecule has 2 aromatic carbocycles. The molecule has 2 nitrogen and oxygen atoms in total. The summed E-state index contributed by atoms with van der Waals surface area (Å²) >= 11 is 0. The van der Waals surface area contributed by atoms with Crippen LogP contribution in [-0.2, 0) is 12.8 Å². The van der Waals surface area contributed by atoms with Gasteiger partial charge in [-0.25, -0.2) is 0 Å². The van der Waals surface area contributed by atoms with Crippen molar-refractivity contribution in [2.24, 2.45) is 0 Å². The minimum Gasteiger partial charge on any atom is -0.335 e. The van der Waals surface area contributed by atoms with Crippen LogP contribution in [0.1, 0.15) is 18.1 Å². The first-order valence-corrected chi connectivity index (χ1v) is 8.21. The summed E-state index contributed by atoms with van der Waals surface area (Å²) in [5, 5.41) is 0. The number of quaternary nitrogens is 1. The Bertz CT molecular complexity index is 607. The highest BCUT2D eigenvalue weighted by Crippen LogP contribution is 2.36. The van der Waals surface area contributed by atoms with Crippen molar-refractivity contribution in [2.45, 2.75) is 25.8 Å². The van der Waals surface area contributed by atoms with Crippen LogP contribution in [0.15, 0.2) is 48.5 Å². The lowest BCUT2D eigenvalue weighted by Crippen LogP contribution is -2.48. The van der Waals surface area contributed by atoms with Crippen molar-refractivity contribution in [1.82, 2.24) is 0 Å². The van der Waals surface area contributed by atoms with Crippen molar-refractivity contribution < 1.29 is 4.48 Å². The van der Waals surface area contributed by atoms with E-state index in [0.717, 1.165) is 23.9 Å². The first-order chi connectivity index (χ1) is 10.5. The van der Waals surface area contributed by atoms with E-state index in [1.165, 1.54) is 22.5 Å². The Morgan fingerprint density at radius 3 is 1.77 bits per heavy atom. The Balaban J connectivity index is 2.06. The van der Waals surface area contributed by atoms with Gasteiger partial charge in [0, 0.05) is 11.4 Å². The molecule has 0 fully saturated rings. The molecule has 2 aromatic rings. The Kier molecular flexibility index (Phi) is 3.96. The van der Waals surface area contributed by atoms with Crippen molar-refractivity contribution in [3.8, 4) is 0 Å². The van der Waals surface area contributed by atoms with Gasteiger partial charge in [0.15, 0.2) is 0 Å². The molecule has 0 amide bonds. The molecule has 0 aliphatic carbocycles. The molecule has 2 heteroatoms. The van der Waals surface area contributed by atoms with Gasteiger partial charge in [-0.2, -0.15) is 0 Å². The largest absolute Gasteiger partial charge is 0.335 e. The van der Waals surface area contributed by atoms with E-state index in [4.69, 9.17) is 0 Å². The van der Waals surface area contributed by atoms with Gasteiger partial charge >= 0.3 is 0 Å². The summed E-state index contributed by atoms with van der Waals surface area (Å²) in [6, 6.07) is 18.3. The third-order valence-electron chi connectivity index (χ3n) is 5.00. The second-order valence-corrected chi connectivity index (χ2v) is 7.33. The normalized spacial score (nSPS) is 15.7. The number of fused-ring (bicyclic) bond motifs is 2. The minimum absolute atomic E-state index is 0.555. The fourth-order valence-electron chi connectivity index (χ4n) is 3.08. The van der Waals surface area contributed by atoms with Gasteiger partial charge in [-0.15, -0.1) is 0 Å². The van der Waals surface area contributed by atoms with Gasteiger partial charge in [0.2, 0.25) is 0 Å². The van der Waals surface area contributed by atoms with Crippen molar-refractivity contribution in [3.05, 3.63) is 59.7 Å². The molecule has 22 heavy (non-hydrogen) atoms. The number of nitrogens with zero attached hydrogens (tertiary/aromatic N) is 2. The molecule has 1 heterocycles. The van der Waals surface area contributed by atoms with Crippen molar-refractivity contribution >= 4 is 11.4 Å². The lowest BCUT2D eigenvalue weighted by Gasteiger charge is -2.37. The van der Waals surface area contributed by atoms with Crippen LogP contribution >= 0.6 is 0 Å². The van der Waals surface area contributed by atoms with Crippen LogP contribution in [0.3, 0.4) is 0 Å². The van der Waals surface area contributed by atoms with Crippen LogP contribution in [0.25, 0.3) is 0 Å². The van der Waals surface area contributed by atoms with Crippen LogP contribution in [0, 0.1) is 0 Å². The van der Waals surface area contributed by atoms with E-state index in [-0.39, 0.29) is 0 Å². The highest BCUT2D eigenvalue weighted by molar-refractivity contribution is 5.71. The zero-order chi connectivity index (χ0) is 15.7.